The first-order valence-corrected chi connectivity index (χ1v) is 6.77. The summed E-state index contributed by atoms with van der Waals surface area (Å²) >= 11 is 1.26. The number of amides is 1. The Morgan fingerprint density at radius 1 is 1.30 bits per heavy atom. The van der Waals surface area contributed by atoms with Crippen molar-refractivity contribution in [3.8, 4) is 11.5 Å². The maximum atomic E-state index is 11.1. The molecule has 0 saturated carbocycles. The van der Waals surface area contributed by atoms with Gasteiger partial charge in [0.2, 0.25) is 5.91 Å². The molecule has 5 nitrogen and oxygen atoms in total. The number of carbonyl (C=O) groups is 2. The van der Waals surface area contributed by atoms with Crippen LogP contribution >= 0.6 is 11.3 Å². The predicted octanol–water partition coefficient (Wildman–Crippen LogP) is 3.51. The molecule has 1 aromatic carbocycles. The Morgan fingerprint density at radius 3 is 2.70 bits per heavy atom. The second-order valence-corrected chi connectivity index (χ2v) is 4.96. The second kappa shape index (κ2) is 5.75. The minimum atomic E-state index is -1.03. The van der Waals surface area contributed by atoms with Gasteiger partial charge in [-0.1, -0.05) is 6.07 Å². The van der Waals surface area contributed by atoms with Gasteiger partial charge in [-0.15, -0.1) is 11.3 Å². The van der Waals surface area contributed by atoms with Crippen LogP contribution in [0.1, 0.15) is 22.8 Å². The second-order valence-electron chi connectivity index (χ2n) is 4.21. The van der Waals surface area contributed by atoms with Crippen LogP contribution in [0.4, 0.5) is 5.69 Å². The number of nitrogens with one attached hydrogen (secondary N) is 1. The van der Waals surface area contributed by atoms with Gasteiger partial charge in [-0.2, -0.15) is 0 Å². The molecule has 104 valence electrons. The van der Waals surface area contributed by atoms with E-state index in [-0.39, 0.29) is 11.5 Å². The summed E-state index contributed by atoms with van der Waals surface area (Å²) in [5.41, 5.74) is 1.66. The number of aromatic carboxylic acids is 1. The van der Waals surface area contributed by atoms with Gasteiger partial charge in [0.1, 0.15) is 11.3 Å². The average molecular weight is 291 g/mol. The van der Waals surface area contributed by atoms with Gasteiger partial charge in [0, 0.05) is 29.4 Å². The van der Waals surface area contributed by atoms with Gasteiger partial charge in [-0.25, -0.2) is 4.79 Å². The first-order chi connectivity index (χ1) is 9.47. The van der Waals surface area contributed by atoms with Crippen molar-refractivity contribution in [3.05, 3.63) is 40.1 Å². The van der Waals surface area contributed by atoms with Crippen LogP contribution in [-0.4, -0.2) is 17.0 Å². The van der Waals surface area contributed by atoms with Crippen molar-refractivity contribution in [2.45, 2.75) is 13.8 Å². The van der Waals surface area contributed by atoms with Crippen molar-refractivity contribution < 1.29 is 19.4 Å². The summed E-state index contributed by atoms with van der Waals surface area (Å²) in [5, 5.41) is 14.9. The van der Waals surface area contributed by atoms with Gasteiger partial charge in [-0.3, -0.25) is 4.79 Å². The van der Waals surface area contributed by atoms with Crippen molar-refractivity contribution in [1.29, 1.82) is 0 Å². The summed E-state index contributed by atoms with van der Waals surface area (Å²) in [6.07, 6.45) is 0. The third-order valence-electron chi connectivity index (χ3n) is 2.60. The third-order valence-corrected chi connectivity index (χ3v) is 3.33. The molecule has 1 aromatic heterocycles. The number of ether oxygens (including phenoxy) is 1. The fraction of sp³-hybridized carbons (Fsp3) is 0.143. The van der Waals surface area contributed by atoms with Gasteiger partial charge in [0.05, 0.1) is 0 Å². The van der Waals surface area contributed by atoms with Gasteiger partial charge < -0.3 is 15.2 Å². The van der Waals surface area contributed by atoms with Gasteiger partial charge in [0.15, 0.2) is 5.75 Å². The molecule has 0 unspecified atom stereocenters. The van der Waals surface area contributed by atoms with Crippen molar-refractivity contribution >= 4 is 28.9 Å². The lowest BCUT2D eigenvalue weighted by molar-refractivity contribution is -0.114. The Hall–Kier alpha value is -2.34. The molecule has 0 aliphatic rings. The van der Waals surface area contributed by atoms with E-state index in [9.17, 15) is 9.59 Å². The van der Waals surface area contributed by atoms with Crippen LogP contribution in [0, 0.1) is 6.92 Å². The number of thiophene rings is 1. The highest BCUT2D eigenvalue weighted by atomic mass is 32.1. The first-order valence-electron chi connectivity index (χ1n) is 5.83. The molecule has 1 heterocycles. The van der Waals surface area contributed by atoms with E-state index >= 15 is 0 Å². The number of carboxylic acids is 1. The minimum Gasteiger partial charge on any atom is -0.478 e. The molecule has 2 rings (SSSR count). The van der Waals surface area contributed by atoms with Crippen molar-refractivity contribution in [2.75, 3.05) is 5.32 Å². The number of hydrogen-bond donors (Lipinski definition) is 2. The van der Waals surface area contributed by atoms with E-state index in [1.165, 1.54) is 23.6 Å². The molecule has 2 aromatic rings. The van der Waals surface area contributed by atoms with E-state index in [1.807, 2.05) is 6.92 Å². The lowest BCUT2D eigenvalue weighted by Gasteiger charge is -2.10. The van der Waals surface area contributed by atoms with Crippen LogP contribution in [-0.2, 0) is 4.79 Å². The van der Waals surface area contributed by atoms with Crippen molar-refractivity contribution in [1.82, 2.24) is 0 Å². The first kappa shape index (κ1) is 14.1. The zero-order valence-corrected chi connectivity index (χ0v) is 11.8. The fourth-order valence-electron chi connectivity index (χ4n) is 1.64. The van der Waals surface area contributed by atoms with Crippen LogP contribution < -0.4 is 10.1 Å². The molecule has 0 radical (unpaired) electrons. The van der Waals surface area contributed by atoms with E-state index in [4.69, 9.17) is 9.84 Å². The van der Waals surface area contributed by atoms with Gasteiger partial charge in [0.25, 0.3) is 0 Å². The lowest BCUT2D eigenvalue weighted by Crippen LogP contribution is -2.07. The highest BCUT2D eigenvalue weighted by molar-refractivity contribution is 7.08. The Morgan fingerprint density at radius 2 is 2.05 bits per heavy atom. The summed E-state index contributed by atoms with van der Waals surface area (Å²) in [6.45, 7) is 3.29. The maximum Gasteiger partial charge on any atom is 0.340 e. The molecule has 6 heteroatoms. The van der Waals surface area contributed by atoms with E-state index in [0.29, 0.717) is 17.2 Å². The van der Waals surface area contributed by atoms with Crippen molar-refractivity contribution in [2.24, 2.45) is 0 Å². The van der Waals surface area contributed by atoms with E-state index in [1.54, 1.807) is 23.6 Å². The minimum absolute atomic E-state index is 0.122. The molecule has 0 spiro atoms. The van der Waals surface area contributed by atoms with E-state index in [2.05, 4.69) is 5.32 Å². The molecule has 0 fully saturated rings. The van der Waals surface area contributed by atoms with Gasteiger partial charge >= 0.3 is 5.97 Å². The SMILES string of the molecule is CC(=O)Nc1cc(Oc2cscc2C(=O)O)ccc1C. The number of hydrogen-bond acceptors (Lipinski definition) is 4. The molecular formula is C14H13NO4S. The molecule has 2 N–H and O–H groups in total. The largest absolute Gasteiger partial charge is 0.478 e. The number of anilines is 1. The Balaban J connectivity index is 2.27. The van der Waals surface area contributed by atoms with Crippen LogP contribution in [0.5, 0.6) is 11.5 Å². The Bertz CT molecular complexity index is 663. The molecule has 0 atom stereocenters. The summed E-state index contributed by atoms with van der Waals surface area (Å²) < 4.78 is 5.57. The topological polar surface area (TPSA) is 75.6 Å². The maximum absolute atomic E-state index is 11.1. The van der Waals surface area contributed by atoms with Crippen LogP contribution in [0.15, 0.2) is 29.0 Å². The number of rotatable bonds is 4. The lowest BCUT2D eigenvalue weighted by atomic mass is 10.2. The van der Waals surface area contributed by atoms with Crippen LogP contribution in [0.3, 0.4) is 0 Å². The summed E-state index contributed by atoms with van der Waals surface area (Å²) in [7, 11) is 0. The molecule has 0 aliphatic heterocycles. The normalized spacial score (nSPS) is 10.1. The highest BCUT2D eigenvalue weighted by Gasteiger charge is 2.13. The molecule has 1 amide bonds. The summed E-state index contributed by atoms with van der Waals surface area (Å²) in [5.74, 6) is -0.442. The Labute approximate surface area is 119 Å². The number of carbonyl (C=O) groups excluding carboxylic acids is 1. The number of aryl methyl sites for hydroxylation is 1. The van der Waals surface area contributed by atoms with Crippen LogP contribution in [0.2, 0.25) is 0 Å². The Kier molecular flexibility index (Phi) is 4.05. The average Bonchev–Trinajstić information content (AvgIpc) is 2.81. The third kappa shape index (κ3) is 3.16. The van der Waals surface area contributed by atoms with Crippen LogP contribution in [0.25, 0.3) is 0 Å². The number of benzene rings is 1. The standard InChI is InChI=1S/C14H13NO4S/c1-8-3-4-10(5-12(8)15-9(2)16)19-13-7-20-6-11(13)14(17)18/h3-7H,1-2H3,(H,15,16)(H,17,18). The molecule has 0 bridgehead atoms. The number of carboxylic acid groups (broad SMARTS) is 1. The molecule has 0 aliphatic carbocycles. The molecular weight excluding hydrogens is 278 g/mol. The molecule has 0 saturated heterocycles. The van der Waals surface area contributed by atoms with E-state index < -0.39 is 5.97 Å². The monoisotopic (exact) mass is 291 g/mol. The molecule has 20 heavy (non-hydrogen) atoms. The smallest absolute Gasteiger partial charge is 0.340 e. The summed E-state index contributed by atoms with van der Waals surface area (Å²) in [4.78, 5) is 22.1. The zero-order valence-electron chi connectivity index (χ0n) is 11.0. The van der Waals surface area contributed by atoms with Gasteiger partial charge in [-0.05, 0) is 18.6 Å². The zero-order chi connectivity index (χ0) is 14.7. The summed E-state index contributed by atoms with van der Waals surface area (Å²) in [6, 6.07) is 5.19. The van der Waals surface area contributed by atoms with Crippen molar-refractivity contribution in [3.63, 3.8) is 0 Å². The predicted molar refractivity (Wildman–Crippen MR) is 76.8 cm³/mol. The fourth-order valence-corrected chi connectivity index (χ4v) is 2.36. The van der Waals surface area contributed by atoms with E-state index in [0.717, 1.165) is 5.56 Å². The highest BCUT2D eigenvalue weighted by Crippen LogP contribution is 2.31. The quantitative estimate of drug-likeness (QED) is 0.904.